The van der Waals surface area contributed by atoms with Gasteiger partial charge in [0, 0.05) is 16.6 Å². The first-order chi connectivity index (χ1) is 8.74. The first-order valence-electron chi connectivity index (χ1n) is 5.52. The van der Waals surface area contributed by atoms with E-state index in [2.05, 4.69) is 9.97 Å². The summed E-state index contributed by atoms with van der Waals surface area (Å²) < 4.78 is 0. The molecule has 0 saturated carbocycles. The number of aromatic nitrogens is 2. The Morgan fingerprint density at radius 2 is 1.72 bits per heavy atom. The van der Waals surface area contributed by atoms with Crippen LogP contribution in [0.5, 0.6) is 0 Å². The lowest BCUT2D eigenvalue weighted by Crippen LogP contribution is -1.93. The standard InChI is InChI=1S/C14H10ClN3/c15-13-11-8-10(16)6-7-12(11)17-14(18-13)9-4-2-1-3-5-9/h1-8H,16H2. The predicted molar refractivity (Wildman–Crippen MR) is 74.4 cm³/mol. The van der Waals surface area contributed by atoms with Crippen molar-refractivity contribution in [1.82, 2.24) is 9.97 Å². The van der Waals surface area contributed by atoms with Crippen molar-refractivity contribution >= 4 is 28.2 Å². The van der Waals surface area contributed by atoms with Crippen molar-refractivity contribution in [3.05, 3.63) is 53.7 Å². The van der Waals surface area contributed by atoms with Gasteiger partial charge in [-0.1, -0.05) is 41.9 Å². The van der Waals surface area contributed by atoms with Gasteiger partial charge in [0.25, 0.3) is 0 Å². The molecule has 0 saturated heterocycles. The minimum Gasteiger partial charge on any atom is -0.399 e. The molecule has 0 aliphatic carbocycles. The first kappa shape index (κ1) is 11.0. The van der Waals surface area contributed by atoms with E-state index >= 15 is 0 Å². The van der Waals surface area contributed by atoms with Gasteiger partial charge in [-0.15, -0.1) is 0 Å². The van der Waals surface area contributed by atoms with E-state index in [9.17, 15) is 0 Å². The molecule has 0 aliphatic heterocycles. The molecule has 0 unspecified atom stereocenters. The topological polar surface area (TPSA) is 51.8 Å². The number of nitrogen functional groups attached to an aromatic ring is 1. The number of hydrogen-bond acceptors (Lipinski definition) is 3. The monoisotopic (exact) mass is 255 g/mol. The molecule has 3 rings (SSSR count). The second kappa shape index (κ2) is 4.27. The highest BCUT2D eigenvalue weighted by Gasteiger charge is 2.07. The third-order valence-corrected chi connectivity index (χ3v) is 2.99. The maximum atomic E-state index is 6.18. The molecular formula is C14H10ClN3. The molecule has 0 aliphatic rings. The summed E-state index contributed by atoms with van der Waals surface area (Å²) in [4.78, 5) is 8.81. The van der Waals surface area contributed by atoms with Crippen molar-refractivity contribution in [1.29, 1.82) is 0 Å². The Balaban J connectivity index is 2.25. The minimum atomic E-state index is 0.422. The molecule has 88 valence electrons. The largest absolute Gasteiger partial charge is 0.399 e. The summed E-state index contributed by atoms with van der Waals surface area (Å²) in [6, 6.07) is 15.2. The third-order valence-electron chi connectivity index (χ3n) is 2.71. The van der Waals surface area contributed by atoms with Crippen LogP contribution in [-0.4, -0.2) is 9.97 Å². The SMILES string of the molecule is Nc1ccc2nc(-c3ccccc3)nc(Cl)c2c1. The molecule has 0 spiro atoms. The number of nitrogens with two attached hydrogens (primary N) is 1. The summed E-state index contributed by atoms with van der Waals surface area (Å²) >= 11 is 6.18. The summed E-state index contributed by atoms with van der Waals surface area (Å²) in [6.45, 7) is 0. The van der Waals surface area contributed by atoms with Gasteiger partial charge in [-0.25, -0.2) is 9.97 Å². The lowest BCUT2D eigenvalue weighted by atomic mass is 10.2. The van der Waals surface area contributed by atoms with Gasteiger partial charge < -0.3 is 5.73 Å². The molecule has 1 heterocycles. The first-order valence-corrected chi connectivity index (χ1v) is 5.90. The van der Waals surface area contributed by atoms with Crippen LogP contribution in [-0.2, 0) is 0 Å². The van der Waals surface area contributed by atoms with E-state index in [0.717, 1.165) is 16.5 Å². The van der Waals surface area contributed by atoms with E-state index in [1.165, 1.54) is 0 Å². The molecule has 0 amide bonds. The third kappa shape index (κ3) is 1.89. The molecule has 2 aromatic carbocycles. The fourth-order valence-corrected chi connectivity index (χ4v) is 2.06. The van der Waals surface area contributed by atoms with Crippen LogP contribution >= 0.6 is 11.6 Å². The van der Waals surface area contributed by atoms with Crippen LogP contribution in [0.1, 0.15) is 0 Å². The molecule has 0 fully saturated rings. The van der Waals surface area contributed by atoms with Crippen molar-refractivity contribution in [2.45, 2.75) is 0 Å². The van der Waals surface area contributed by atoms with Gasteiger partial charge in [-0.2, -0.15) is 0 Å². The van der Waals surface area contributed by atoms with Crippen LogP contribution in [0.4, 0.5) is 5.69 Å². The van der Waals surface area contributed by atoms with Gasteiger partial charge in [-0.3, -0.25) is 0 Å². The molecule has 0 atom stereocenters. The zero-order chi connectivity index (χ0) is 12.5. The number of rotatable bonds is 1. The molecule has 0 radical (unpaired) electrons. The van der Waals surface area contributed by atoms with Crippen LogP contribution in [0.3, 0.4) is 0 Å². The molecule has 4 heteroatoms. The molecular weight excluding hydrogens is 246 g/mol. The molecule has 3 nitrogen and oxygen atoms in total. The van der Waals surface area contributed by atoms with E-state index in [4.69, 9.17) is 17.3 Å². The van der Waals surface area contributed by atoms with Crippen molar-refractivity contribution in [3.8, 4) is 11.4 Å². The van der Waals surface area contributed by atoms with Crippen LogP contribution in [0.25, 0.3) is 22.3 Å². The van der Waals surface area contributed by atoms with Gasteiger partial charge in [0.2, 0.25) is 0 Å². The lowest BCUT2D eigenvalue weighted by Gasteiger charge is -2.05. The molecule has 1 aromatic heterocycles. The quantitative estimate of drug-likeness (QED) is 0.535. The molecule has 0 bridgehead atoms. The molecule has 2 N–H and O–H groups in total. The maximum absolute atomic E-state index is 6.18. The second-order valence-electron chi connectivity index (χ2n) is 3.98. The number of fused-ring (bicyclic) bond motifs is 1. The zero-order valence-corrected chi connectivity index (χ0v) is 10.2. The number of anilines is 1. The average Bonchev–Trinajstić information content (AvgIpc) is 2.40. The summed E-state index contributed by atoms with van der Waals surface area (Å²) in [6.07, 6.45) is 0. The number of nitrogens with zero attached hydrogens (tertiary/aromatic N) is 2. The number of hydrogen-bond donors (Lipinski definition) is 1. The molecule has 3 aromatic rings. The van der Waals surface area contributed by atoms with Gasteiger partial charge >= 0.3 is 0 Å². The Morgan fingerprint density at radius 1 is 0.944 bits per heavy atom. The zero-order valence-electron chi connectivity index (χ0n) is 9.47. The van der Waals surface area contributed by atoms with E-state index < -0.39 is 0 Å². The molecule has 18 heavy (non-hydrogen) atoms. The van der Waals surface area contributed by atoms with Crippen LogP contribution in [0, 0.1) is 0 Å². The second-order valence-corrected chi connectivity index (χ2v) is 4.34. The number of benzene rings is 2. The highest BCUT2D eigenvalue weighted by Crippen LogP contribution is 2.26. The van der Waals surface area contributed by atoms with Gasteiger partial charge in [0.15, 0.2) is 5.82 Å². The fourth-order valence-electron chi connectivity index (χ4n) is 1.83. The highest BCUT2D eigenvalue weighted by molar-refractivity contribution is 6.34. The van der Waals surface area contributed by atoms with Crippen molar-refractivity contribution < 1.29 is 0 Å². The van der Waals surface area contributed by atoms with E-state index in [1.54, 1.807) is 12.1 Å². The average molecular weight is 256 g/mol. The summed E-state index contributed by atoms with van der Waals surface area (Å²) in [5.41, 5.74) is 8.12. The Hall–Kier alpha value is -2.13. The van der Waals surface area contributed by atoms with Crippen molar-refractivity contribution in [2.24, 2.45) is 0 Å². The predicted octanol–water partition coefficient (Wildman–Crippen LogP) is 3.53. The Morgan fingerprint density at radius 3 is 2.50 bits per heavy atom. The van der Waals surface area contributed by atoms with Gasteiger partial charge in [0.05, 0.1) is 5.52 Å². The lowest BCUT2D eigenvalue weighted by molar-refractivity contribution is 1.23. The fraction of sp³-hybridized carbons (Fsp3) is 0. The van der Waals surface area contributed by atoms with Crippen molar-refractivity contribution in [2.75, 3.05) is 5.73 Å². The smallest absolute Gasteiger partial charge is 0.161 e. The summed E-state index contributed by atoms with van der Waals surface area (Å²) in [5, 5.41) is 1.20. The minimum absolute atomic E-state index is 0.422. The van der Waals surface area contributed by atoms with Gasteiger partial charge in [-0.05, 0) is 18.2 Å². The highest BCUT2D eigenvalue weighted by atomic mass is 35.5. The van der Waals surface area contributed by atoms with E-state index in [1.807, 2.05) is 36.4 Å². The summed E-state index contributed by atoms with van der Waals surface area (Å²) in [5.74, 6) is 0.623. The van der Waals surface area contributed by atoms with Crippen molar-refractivity contribution in [3.63, 3.8) is 0 Å². The maximum Gasteiger partial charge on any atom is 0.161 e. The van der Waals surface area contributed by atoms with Crippen LogP contribution in [0.15, 0.2) is 48.5 Å². The van der Waals surface area contributed by atoms with Crippen LogP contribution in [0.2, 0.25) is 5.15 Å². The Kier molecular flexibility index (Phi) is 2.61. The summed E-state index contributed by atoms with van der Waals surface area (Å²) in [7, 11) is 0. The Labute approximate surface area is 109 Å². The Bertz CT molecular complexity index is 711. The van der Waals surface area contributed by atoms with E-state index in [0.29, 0.717) is 16.7 Å². The normalized spacial score (nSPS) is 10.7. The van der Waals surface area contributed by atoms with Gasteiger partial charge in [0.1, 0.15) is 5.15 Å². The number of halogens is 1. The van der Waals surface area contributed by atoms with E-state index in [-0.39, 0.29) is 0 Å². The van der Waals surface area contributed by atoms with Crippen LogP contribution < -0.4 is 5.73 Å².